The maximum atomic E-state index is 5.18. The van der Waals surface area contributed by atoms with Crippen LogP contribution < -0.4 is 4.90 Å². The Bertz CT molecular complexity index is 3130. The van der Waals surface area contributed by atoms with Crippen molar-refractivity contribution in [1.82, 2.24) is 0 Å². The third-order valence-corrected chi connectivity index (χ3v) is 12.9. The third-order valence-electron chi connectivity index (χ3n) is 12.9. The van der Waals surface area contributed by atoms with Crippen molar-refractivity contribution in [2.45, 2.75) is 24.8 Å². The van der Waals surface area contributed by atoms with E-state index in [2.05, 4.69) is 218 Å². The highest BCUT2D eigenvalue weighted by molar-refractivity contribution is 6.13. The van der Waals surface area contributed by atoms with Crippen LogP contribution in [0.2, 0.25) is 0 Å². The molecule has 1 unspecified atom stereocenters. The molecule has 0 saturated carbocycles. The van der Waals surface area contributed by atoms with Gasteiger partial charge in [-0.05, 0) is 111 Å². The lowest BCUT2D eigenvalue weighted by molar-refractivity contribution is 0.725. The zero-order chi connectivity index (χ0) is 42.3. The zero-order valence-corrected chi connectivity index (χ0v) is 35.2. The average molecular weight is 808 g/mol. The molecule has 0 aromatic heterocycles. The minimum absolute atomic E-state index is 0.000673. The van der Waals surface area contributed by atoms with Gasteiger partial charge < -0.3 is 4.90 Å². The maximum absolute atomic E-state index is 5.18. The molecule has 11 rings (SSSR count). The van der Waals surface area contributed by atoms with E-state index in [0.717, 1.165) is 62.5 Å². The summed E-state index contributed by atoms with van der Waals surface area (Å²) in [4.78, 5) is 12.9. The fourth-order valence-corrected chi connectivity index (χ4v) is 9.98. The van der Waals surface area contributed by atoms with Gasteiger partial charge in [0.1, 0.15) is 0 Å². The van der Waals surface area contributed by atoms with Crippen LogP contribution in [0.4, 0.5) is 11.4 Å². The number of allylic oxidation sites excluding steroid dienone is 2. The van der Waals surface area contributed by atoms with Gasteiger partial charge in [0.25, 0.3) is 0 Å². The Morgan fingerprint density at radius 3 is 1.70 bits per heavy atom. The summed E-state index contributed by atoms with van der Waals surface area (Å²) in [6.07, 6.45) is 5.91. The molecule has 0 radical (unpaired) electrons. The summed E-state index contributed by atoms with van der Waals surface area (Å²) < 4.78 is 0. The topological polar surface area (TPSA) is 28.0 Å². The monoisotopic (exact) mass is 807 g/mol. The van der Waals surface area contributed by atoms with Gasteiger partial charge in [-0.25, -0.2) is 9.98 Å². The Morgan fingerprint density at radius 2 is 1.06 bits per heavy atom. The molecule has 1 atom stereocenters. The molecule has 3 nitrogen and oxygen atoms in total. The lowest BCUT2D eigenvalue weighted by Gasteiger charge is -2.39. The smallest absolute Gasteiger partial charge is 0.160 e. The number of aliphatic imine (C=N–C) groups is 2. The SMILES string of the molecule is C=C1N=C(N=C(C)c2ccccc2)c2cccc(c2)-c2cccc(c2)N(C2C=C3C(=CC2)c2ccccc2C3(c2ccccc2)c2ccccc2)c2cccc(c2)-c2cccc1c2. The van der Waals surface area contributed by atoms with Crippen LogP contribution in [0.15, 0.2) is 247 Å². The Kier molecular flexibility index (Phi) is 9.59. The predicted molar refractivity (Wildman–Crippen MR) is 264 cm³/mol. The standard InChI is InChI=1S/C60H45N3/c1-41(43-18-6-3-7-19-43)61-59-49-25-15-22-46(37-49)48-24-17-31-53(39-48)63(52-30-16-23-47(38-52)45-21-14-20-44(36-45)42(2)62-59)54-34-35-56-55-32-12-13-33-57(55)60(58(56)40-54,50-26-8-4-9-27-50)51-28-10-5-11-29-51/h3-33,35-40,54H,2,34H2,1H3. The highest BCUT2D eigenvalue weighted by Gasteiger charge is 2.49. The fraction of sp³-hybridized carbons (Fsp3) is 0.0667. The van der Waals surface area contributed by atoms with Crippen molar-refractivity contribution in [1.29, 1.82) is 0 Å². The van der Waals surface area contributed by atoms with Crippen molar-refractivity contribution in [2.24, 2.45) is 9.98 Å². The van der Waals surface area contributed by atoms with Crippen molar-refractivity contribution in [3.63, 3.8) is 0 Å². The molecule has 0 fully saturated rings. The van der Waals surface area contributed by atoms with E-state index in [1.165, 1.54) is 33.4 Å². The van der Waals surface area contributed by atoms with Crippen molar-refractivity contribution in [3.8, 4) is 22.3 Å². The molecule has 300 valence electrons. The van der Waals surface area contributed by atoms with Crippen LogP contribution in [0.1, 0.15) is 52.3 Å². The summed E-state index contributed by atoms with van der Waals surface area (Å²) in [6.45, 7) is 6.55. The second kappa shape index (κ2) is 15.9. The summed E-state index contributed by atoms with van der Waals surface area (Å²) in [5, 5.41) is 0. The van der Waals surface area contributed by atoms with Crippen LogP contribution >= 0.6 is 0 Å². The second-order valence-corrected chi connectivity index (χ2v) is 16.6. The number of fused-ring (bicyclic) bond motifs is 13. The molecule has 8 aromatic rings. The molecule has 0 amide bonds. The normalized spacial score (nSPS) is 16.3. The molecule has 8 aromatic carbocycles. The van der Waals surface area contributed by atoms with Crippen molar-refractivity contribution in [3.05, 3.63) is 276 Å². The number of anilines is 2. The molecular formula is C60H45N3. The molecule has 1 heterocycles. The molecular weight excluding hydrogens is 763 g/mol. The van der Waals surface area contributed by atoms with E-state index < -0.39 is 5.41 Å². The molecule has 0 saturated heterocycles. The second-order valence-electron chi connectivity index (χ2n) is 16.6. The number of hydrogen-bond acceptors (Lipinski definition) is 3. The first-order valence-electron chi connectivity index (χ1n) is 21.8. The van der Waals surface area contributed by atoms with Crippen molar-refractivity contribution < 1.29 is 0 Å². The van der Waals surface area contributed by atoms with Gasteiger partial charge >= 0.3 is 0 Å². The molecule has 0 N–H and O–H groups in total. The van der Waals surface area contributed by atoms with E-state index in [0.29, 0.717) is 11.5 Å². The average Bonchev–Trinajstić information content (AvgIpc) is 3.65. The van der Waals surface area contributed by atoms with Crippen molar-refractivity contribution >= 4 is 34.2 Å². The Labute approximate surface area is 370 Å². The van der Waals surface area contributed by atoms with E-state index in [9.17, 15) is 0 Å². The van der Waals surface area contributed by atoms with E-state index in [1.807, 2.05) is 25.1 Å². The van der Waals surface area contributed by atoms with E-state index in [4.69, 9.17) is 9.98 Å². The predicted octanol–water partition coefficient (Wildman–Crippen LogP) is 14.5. The zero-order valence-electron chi connectivity index (χ0n) is 35.2. The van der Waals surface area contributed by atoms with E-state index in [-0.39, 0.29) is 6.04 Å². The number of benzene rings is 8. The molecule has 63 heavy (non-hydrogen) atoms. The highest BCUT2D eigenvalue weighted by Crippen LogP contribution is 2.58. The Morgan fingerprint density at radius 1 is 0.556 bits per heavy atom. The minimum Gasteiger partial charge on any atom is -0.334 e. The number of amidine groups is 1. The van der Waals surface area contributed by atoms with Gasteiger partial charge in [-0.2, -0.15) is 0 Å². The summed E-state index contributed by atoms with van der Waals surface area (Å²) in [5.41, 5.74) is 18.5. The van der Waals surface area contributed by atoms with Crippen LogP contribution in [-0.2, 0) is 5.41 Å². The van der Waals surface area contributed by atoms with Crippen LogP contribution in [0.3, 0.4) is 0 Å². The number of nitrogens with zero attached hydrogens (tertiary/aromatic N) is 3. The molecule has 0 spiro atoms. The van der Waals surface area contributed by atoms with Gasteiger partial charge in [0.05, 0.1) is 17.2 Å². The van der Waals surface area contributed by atoms with Gasteiger partial charge in [0.15, 0.2) is 5.84 Å². The van der Waals surface area contributed by atoms with Crippen molar-refractivity contribution in [2.75, 3.05) is 4.90 Å². The van der Waals surface area contributed by atoms with Crippen LogP contribution in [0.5, 0.6) is 0 Å². The van der Waals surface area contributed by atoms with Crippen LogP contribution in [-0.4, -0.2) is 17.6 Å². The van der Waals surface area contributed by atoms with E-state index in [1.54, 1.807) is 0 Å². The van der Waals surface area contributed by atoms with Crippen LogP contribution in [0, 0.1) is 0 Å². The summed E-state index contributed by atoms with van der Waals surface area (Å²) in [6, 6.07) is 76.6. The van der Waals surface area contributed by atoms with Gasteiger partial charge in [0, 0.05) is 28.2 Å². The first-order chi connectivity index (χ1) is 31.0. The van der Waals surface area contributed by atoms with Gasteiger partial charge in [-0.3, -0.25) is 0 Å². The first kappa shape index (κ1) is 38.1. The summed E-state index contributed by atoms with van der Waals surface area (Å²) in [5.74, 6) is 0.620. The maximum Gasteiger partial charge on any atom is 0.160 e. The van der Waals surface area contributed by atoms with Gasteiger partial charge in [0.2, 0.25) is 0 Å². The van der Waals surface area contributed by atoms with Crippen LogP contribution in [0.25, 0.3) is 33.5 Å². The quantitative estimate of drug-likeness (QED) is 0.163. The highest BCUT2D eigenvalue weighted by atomic mass is 15.2. The molecule has 3 heteroatoms. The molecule has 1 aliphatic heterocycles. The summed E-state index contributed by atoms with van der Waals surface area (Å²) >= 11 is 0. The number of hydrogen-bond donors (Lipinski definition) is 0. The van der Waals surface area contributed by atoms with Gasteiger partial charge in [-0.1, -0.05) is 195 Å². The Hall–Kier alpha value is -7.88. The summed E-state index contributed by atoms with van der Waals surface area (Å²) in [7, 11) is 0. The Balaban J connectivity index is 1.12. The fourth-order valence-electron chi connectivity index (χ4n) is 9.98. The van der Waals surface area contributed by atoms with E-state index >= 15 is 0 Å². The third kappa shape index (κ3) is 6.70. The molecule has 8 bridgehead atoms. The lowest BCUT2D eigenvalue weighted by Crippen LogP contribution is -2.34. The molecule has 3 aliphatic rings. The van der Waals surface area contributed by atoms with Gasteiger partial charge in [-0.15, -0.1) is 0 Å². The minimum atomic E-state index is -0.489. The molecule has 2 aliphatic carbocycles. The first-order valence-corrected chi connectivity index (χ1v) is 21.8. The largest absolute Gasteiger partial charge is 0.334 e. The number of rotatable bonds is 4. The lowest BCUT2D eigenvalue weighted by atomic mass is 9.66.